The standard InChI is InChI=1S/C12H10.4Y/c1-9-3-5-12-8-10(2)4-6-11(12)7-9;;;;/h3-6H,1-2H3;;;;/q-2;;;;. The molecule has 0 N–H and O–H groups in total. The second-order valence-electron chi connectivity index (χ2n) is 3.11. The molecule has 0 aliphatic carbocycles. The molecule has 0 unspecified atom stereocenters. The van der Waals surface area contributed by atoms with Crippen LogP contribution in [-0.4, -0.2) is 0 Å². The van der Waals surface area contributed by atoms with Gasteiger partial charge >= 0.3 is 0 Å². The number of hydrogen-bond acceptors (Lipinski definition) is 0. The third kappa shape index (κ3) is 7.05. The quantitative estimate of drug-likeness (QED) is 0.479. The topological polar surface area (TPSA) is 0 Å². The van der Waals surface area contributed by atoms with Crippen LogP contribution in [0.15, 0.2) is 24.3 Å². The molecule has 0 amide bonds. The fourth-order valence-corrected chi connectivity index (χ4v) is 1.32. The van der Waals surface area contributed by atoms with Crippen LogP contribution in [0.3, 0.4) is 0 Å². The van der Waals surface area contributed by atoms with Gasteiger partial charge in [-0.3, -0.25) is 0 Å². The van der Waals surface area contributed by atoms with Gasteiger partial charge in [0.25, 0.3) is 0 Å². The van der Waals surface area contributed by atoms with Gasteiger partial charge in [0.05, 0.1) is 0 Å². The SMILES string of the molecule is Cc1[c-]c2ccc(C)[c-]c2cc1.[Y].[Y].[Y].[Y]. The second-order valence-corrected chi connectivity index (χ2v) is 3.11. The molecule has 16 heavy (non-hydrogen) atoms. The minimum Gasteiger partial charge on any atom is -0.235 e. The second kappa shape index (κ2) is 11.9. The van der Waals surface area contributed by atoms with Crippen LogP contribution in [0.5, 0.6) is 0 Å². The molecule has 2 aromatic rings. The predicted octanol–water partition coefficient (Wildman–Crippen LogP) is 3.05. The average molecular weight is 510 g/mol. The van der Waals surface area contributed by atoms with Gasteiger partial charge in [-0.05, 0) is 0 Å². The van der Waals surface area contributed by atoms with E-state index in [9.17, 15) is 0 Å². The molecular formula is C12H10Y4-2. The minimum atomic E-state index is 0. The maximum absolute atomic E-state index is 3.29. The number of benzene rings is 2. The molecule has 0 bridgehead atoms. The maximum Gasteiger partial charge on any atom is 0 e. The van der Waals surface area contributed by atoms with Crippen molar-refractivity contribution in [3.8, 4) is 0 Å². The zero-order valence-corrected chi connectivity index (χ0v) is 21.0. The Bertz CT molecular complexity index is 385. The van der Waals surface area contributed by atoms with Crippen molar-refractivity contribution in [3.05, 3.63) is 47.5 Å². The first-order valence-corrected chi connectivity index (χ1v) is 4.07. The molecule has 4 radical (unpaired) electrons. The van der Waals surface area contributed by atoms with Crippen molar-refractivity contribution in [1.82, 2.24) is 0 Å². The molecular weight excluding hydrogens is 500 g/mol. The largest absolute Gasteiger partial charge is 0.235 e. The van der Waals surface area contributed by atoms with Gasteiger partial charge in [-0.25, -0.2) is 22.9 Å². The Balaban J connectivity index is -0.000000422. The zero-order valence-electron chi connectivity index (χ0n) is 9.62. The van der Waals surface area contributed by atoms with Crippen molar-refractivity contribution in [1.29, 1.82) is 0 Å². The summed E-state index contributed by atoms with van der Waals surface area (Å²) in [5.41, 5.74) is 2.36. The summed E-state index contributed by atoms with van der Waals surface area (Å²) in [4.78, 5) is 0. The Morgan fingerprint density at radius 2 is 0.938 bits per heavy atom. The number of fused-ring (bicyclic) bond motifs is 1. The van der Waals surface area contributed by atoms with Crippen LogP contribution in [0.25, 0.3) is 10.8 Å². The van der Waals surface area contributed by atoms with Crippen molar-refractivity contribution < 1.29 is 131 Å². The van der Waals surface area contributed by atoms with Gasteiger partial charge in [0.2, 0.25) is 0 Å². The third-order valence-corrected chi connectivity index (χ3v) is 1.95. The van der Waals surface area contributed by atoms with Gasteiger partial charge in [-0.15, -0.1) is 0 Å². The number of rotatable bonds is 0. The smallest absolute Gasteiger partial charge is 0 e. The molecule has 0 aliphatic heterocycles. The van der Waals surface area contributed by atoms with E-state index in [0.717, 1.165) is 10.8 Å². The fraction of sp³-hybridized carbons (Fsp3) is 0.167. The zero-order chi connectivity index (χ0) is 8.55. The van der Waals surface area contributed by atoms with Crippen LogP contribution < -0.4 is 0 Å². The van der Waals surface area contributed by atoms with Crippen LogP contribution in [0.1, 0.15) is 11.1 Å². The van der Waals surface area contributed by atoms with Gasteiger partial charge < -0.3 is 0 Å². The van der Waals surface area contributed by atoms with E-state index in [4.69, 9.17) is 0 Å². The molecule has 0 spiro atoms. The molecule has 0 atom stereocenters. The summed E-state index contributed by atoms with van der Waals surface area (Å²) in [5.74, 6) is 0. The minimum absolute atomic E-state index is 0. The molecule has 0 saturated heterocycles. The number of hydrogen-bond donors (Lipinski definition) is 0. The first-order chi connectivity index (χ1) is 5.75. The van der Waals surface area contributed by atoms with E-state index in [0.29, 0.717) is 0 Å². The molecule has 0 fully saturated rings. The number of aryl methyl sites for hydroxylation is 2. The van der Waals surface area contributed by atoms with Crippen LogP contribution >= 0.6 is 0 Å². The van der Waals surface area contributed by atoms with Crippen molar-refractivity contribution in [2.24, 2.45) is 0 Å². The summed E-state index contributed by atoms with van der Waals surface area (Å²) < 4.78 is 0. The molecule has 0 saturated carbocycles. The van der Waals surface area contributed by atoms with Crippen molar-refractivity contribution in [2.75, 3.05) is 0 Å². The van der Waals surface area contributed by atoms with E-state index in [1.807, 2.05) is 0 Å². The van der Waals surface area contributed by atoms with E-state index >= 15 is 0 Å². The first kappa shape index (κ1) is 24.2. The van der Waals surface area contributed by atoms with Crippen molar-refractivity contribution in [3.63, 3.8) is 0 Å². The molecule has 0 heterocycles. The molecule has 0 aliphatic rings. The molecule has 72 valence electrons. The molecule has 2 rings (SSSR count). The molecule has 2 aromatic carbocycles. The van der Waals surface area contributed by atoms with Gasteiger partial charge in [-0.2, -0.15) is 35.4 Å². The Morgan fingerprint density at radius 3 is 1.25 bits per heavy atom. The summed E-state index contributed by atoms with van der Waals surface area (Å²) in [7, 11) is 0. The first-order valence-electron chi connectivity index (χ1n) is 4.07. The fourth-order valence-electron chi connectivity index (χ4n) is 1.32. The molecule has 0 aromatic heterocycles. The van der Waals surface area contributed by atoms with Crippen LogP contribution in [-0.2, 0) is 131 Å². The van der Waals surface area contributed by atoms with E-state index in [-0.39, 0.29) is 131 Å². The summed E-state index contributed by atoms with van der Waals surface area (Å²) in [6.07, 6.45) is 0. The molecule has 0 nitrogen and oxygen atoms in total. The summed E-state index contributed by atoms with van der Waals surface area (Å²) in [6.45, 7) is 4.11. The monoisotopic (exact) mass is 510 g/mol. The van der Waals surface area contributed by atoms with Crippen LogP contribution in [0, 0.1) is 26.0 Å². The van der Waals surface area contributed by atoms with E-state index in [1.165, 1.54) is 11.1 Å². The van der Waals surface area contributed by atoms with Crippen LogP contribution in [0.2, 0.25) is 0 Å². The van der Waals surface area contributed by atoms with E-state index < -0.39 is 0 Å². The Hall–Kier alpha value is 3.12. The Labute approximate surface area is 198 Å². The normalized spacial score (nSPS) is 7.88. The summed E-state index contributed by atoms with van der Waals surface area (Å²) in [6, 6.07) is 14.9. The summed E-state index contributed by atoms with van der Waals surface area (Å²) in [5, 5.41) is 2.31. The van der Waals surface area contributed by atoms with Crippen molar-refractivity contribution in [2.45, 2.75) is 13.8 Å². The van der Waals surface area contributed by atoms with Gasteiger partial charge in [0.1, 0.15) is 0 Å². The van der Waals surface area contributed by atoms with E-state index in [1.54, 1.807) is 0 Å². The van der Waals surface area contributed by atoms with Crippen molar-refractivity contribution >= 4 is 10.8 Å². The van der Waals surface area contributed by atoms with Gasteiger partial charge in [0, 0.05) is 131 Å². The third-order valence-electron chi connectivity index (χ3n) is 1.95. The maximum atomic E-state index is 3.29. The van der Waals surface area contributed by atoms with Gasteiger partial charge in [-0.1, -0.05) is 13.8 Å². The Kier molecular flexibility index (Phi) is 18.0. The van der Waals surface area contributed by atoms with Gasteiger partial charge in [0.15, 0.2) is 0 Å². The predicted molar refractivity (Wildman–Crippen MR) is 51.1 cm³/mol. The van der Waals surface area contributed by atoms with Crippen LogP contribution in [0.4, 0.5) is 0 Å². The summed E-state index contributed by atoms with van der Waals surface area (Å²) >= 11 is 0. The Morgan fingerprint density at radius 1 is 0.625 bits per heavy atom. The average Bonchev–Trinajstić information content (AvgIpc) is 2.05. The van der Waals surface area contributed by atoms with E-state index in [2.05, 4.69) is 50.2 Å². The molecule has 4 heteroatoms.